The van der Waals surface area contributed by atoms with Crippen molar-refractivity contribution in [1.29, 1.82) is 0 Å². The number of tetrazole rings is 1. The summed E-state index contributed by atoms with van der Waals surface area (Å²) in [6.07, 6.45) is 1.21. The monoisotopic (exact) mass is 377 g/mol. The van der Waals surface area contributed by atoms with E-state index >= 15 is 0 Å². The Bertz CT molecular complexity index is 986. The van der Waals surface area contributed by atoms with Gasteiger partial charge in [-0.1, -0.05) is 20.8 Å². The molecule has 0 amide bonds. The maximum atomic E-state index is 13.7. The molecule has 4 heterocycles. The van der Waals surface area contributed by atoms with Gasteiger partial charge in [0.1, 0.15) is 12.2 Å². The van der Waals surface area contributed by atoms with Crippen molar-refractivity contribution in [3.8, 4) is 0 Å². The number of halogens is 2. The second-order valence-electron chi connectivity index (χ2n) is 7.89. The zero-order chi connectivity index (χ0) is 19.4. The summed E-state index contributed by atoms with van der Waals surface area (Å²) in [6, 6.07) is 0. The molecule has 0 bridgehead atoms. The molecule has 3 aromatic rings. The lowest BCUT2D eigenvalue weighted by molar-refractivity contribution is 0.0257. The van der Waals surface area contributed by atoms with E-state index in [1.807, 2.05) is 25.3 Å². The summed E-state index contributed by atoms with van der Waals surface area (Å²) in [5, 5.41) is 11.6. The minimum Gasteiger partial charge on any atom is -0.348 e. The lowest BCUT2D eigenvalue weighted by Gasteiger charge is -2.19. The summed E-state index contributed by atoms with van der Waals surface area (Å²) in [6.45, 7) is 6.37. The Balaban J connectivity index is 1.86. The fraction of sp³-hybridized carbons (Fsp3) is 0.625. The van der Waals surface area contributed by atoms with Crippen molar-refractivity contribution in [2.45, 2.75) is 45.1 Å². The van der Waals surface area contributed by atoms with Crippen LogP contribution in [0.4, 0.5) is 14.6 Å². The average Bonchev–Trinajstić information content (AvgIpc) is 3.25. The number of hydrogen-bond donors (Lipinski definition) is 0. The summed E-state index contributed by atoms with van der Waals surface area (Å²) < 4.78 is 30.9. The van der Waals surface area contributed by atoms with Gasteiger partial charge in [0.05, 0.1) is 13.1 Å². The lowest BCUT2D eigenvalue weighted by Crippen LogP contribution is -2.25. The molecule has 27 heavy (non-hydrogen) atoms. The van der Waals surface area contributed by atoms with Gasteiger partial charge in [-0.25, -0.2) is 28.4 Å². The summed E-state index contributed by atoms with van der Waals surface area (Å²) in [4.78, 5) is 15.0. The second-order valence-corrected chi connectivity index (χ2v) is 7.89. The highest BCUT2D eigenvalue weighted by Crippen LogP contribution is 2.34. The van der Waals surface area contributed by atoms with E-state index < -0.39 is 5.92 Å². The topological polar surface area (TPSA) is 90.4 Å². The number of aryl methyl sites for hydroxylation is 1. The van der Waals surface area contributed by atoms with Gasteiger partial charge in [0.25, 0.3) is 5.92 Å². The van der Waals surface area contributed by atoms with Crippen LogP contribution in [-0.4, -0.2) is 58.7 Å². The van der Waals surface area contributed by atoms with Crippen molar-refractivity contribution in [2.75, 3.05) is 18.0 Å². The minimum atomic E-state index is -2.71. The highest BCUT2D eigenvalue weighted by Gasteiger charge is 2.40. The Hall–Kier alpha value is -2.72. The molecule has 0 unspecified atom stereocenters. The third-order valence-corrected chi connectivity index (χ3v) is 4.66. The lowest BCUT2D eigenvalue weighted by atomic mass is 9.95. The number of imidazole rings is 1. The van der Waals surface area contributed by atoms with Crippen molar-refractivity contribution in [2.24, 2.45) is 7.05 Å². The van der Waals surface area contributed by atoms with Crippen molar-refractivity contribution >= 4 is 17.0 Å². The molecular weight excluding hydrogens is 356 g/mol. The first-order valence-electron chi connectivity index (χ1n) is 8.71. The molecule has 1 aliphatic heterocycles. The Labute approximate surface area is 154 Å². The summed E-state index contributed by atoms with van der Waals surface area (Å²) in [5.41, 5.74) is 0.817. The maximum absolute atomic E-state index is 13.7. The number of nitrogens with zero attached hydrogens (tertiary/aromatic N) is 9. The first kappa shape index (κ1) is 17.7. The average molecular weight is 377 g/mol. The van der Waals surface area contributed by atoms with Crippen LogP contribution in [0.3, 0.4) is 0 Å². The van der Waals surface area contributed by atoms with Gasteiger partial charge in [-0.05, 0) is 10.4 Å². The van der Waals surface area contributed by atoms with Crippen LogP contribution in [0.15, 0.2) is 6.33 Å². The highest BCUT2D eigenvalue weighted by molar-refractivity contribution is 5.84. The Morgan fingerprint density at radius 2 is 2.00 bits per heavy atom. The summed E-state index contributed by atoms with van der Waals surface area (Å²) >= 11 is 0. The molecule has 4 rings (SSSR count). The largest absolute Gasteiger partial charge is 0.348 e. The number of alkyl halides is 2. The van der Waals surface area contributed by atoms with Crippen LogP contribution in [0.25, 0.3) is 11.2 Å². The molecule has 0 saturated carbocycles. The van der Waals surface area contributed by atoms with E-state index in [-0.39, 0.29) is 24.9 Å². The fourth-order valence-electron chi connectivity index (χ4n) is 3.32. The van der Waals surface area contributed by atoms with E-state index in [0.29, 0.717) is 29.4 Å². The smallest absolute Gasteiger partial charge is 0.266 e. The van der Waals surface area contributed by atoms with E-state index in [0.717, 1.165) is 5.82 Å². The van der Waals surface area contributed by atoms with Crippen LogP contribution < -0.4 is 4.90 Å². The van der Waals surface area contributed by atoms with Crippen LogP contribution in [0, 0.1) is 0 Å². The first-order valence-corrected chi connectivity index (χ1v) is 8.71. The molecule has 1 saturated heterocycles. The number of fused-ring (bicyclic) bond motifs is 1. The SMILES string of the molecule is Cn1nnnc1Cn1c(C(C)(C)C)nc2c(N3CCC(F)(F)C3)ncnc21. The van der Waals surface area contributed by atoms with E-state index in [1.54, 1.807) is 16.6 Å². The van der Waals surface area contributed by atoms with Gasteiger partial charge in [-0.2, -0.15) is 0 Å². The van der Waals surface area contributed by atoms with Gasteiger partial charge >= 0.3 is 0 Å². The third kappa shape index (κ3) is 3.10. The Kier molecular flexibility index (Phi) is 3.86. The Morgan fingerprint density at radius 1 is 1.22 bits per heavy atom. The number of hydrogen-bond acceptors (Lipinski definition) is 7. The maximum Gasteiger partial charge on any atom is 0.266 e. The summed E-state index contributed by atoms with van der Waals surface area (Å²) in [7, 11) is 1.76. The molecule has 9 nitrogen and oxygen atoms in total. The van der Waals surface area contributed by atoms with E-state index in [1.165, 1.54) is 6.33 Å². The second kappa shape index (κ2) is 5.89. The molecule has 1 aliphatic rings. The molecule has 0 atom stereocenters. The Morgan fingerprint density at radius 3 is 2.59 bits per heavy atom. The van der Waals surface area contributed by atoms with Crippen LogP contribution in [0.2, 0.25) is 0 Å². The highest BCUT2D eigenvalue weighted by atomic mass is 19.3. The predicted molar refractivity (Wildman–Crippen MR) is 93.7 cm³/mol. The van der Waals surface area contributed by atoms with Gasteiger partial charge in [0, 0.05) is 25.4 Å². The first-order chi connectivity index (χ1) is 12.7. The van der Waals surface area contributed by atoms with Crippen molar-refractivity contribution in [1.82, 2.24) is 39.7 Å². The number of rotatable bonds is 3. The normalized spacial score (nSPS) is 17.2. The van der Waals surface area contributed by atoms with E-state index in [9.17, 15) is 8.78 Å². The molecule has 0 aromatic carbocycles. The standard InChI is InChI=1S/C16H21F2N9/c1-15(2,3)14-21-11-12(26-6-5-16(17,18)8-26)19-9-20-13(11)27(14)7-10-22-23-24-25(10)4/h9H,5-8H2,1-4H3. The molecule has 144 valence electrons. The van der Waals surface area contributed by atoms with Gasteiger partial charge in [0.2, 0.25) is 0 Å². The molecule has 11 heteroatoms. The van der Waals surface area contributed by atoms with Gasteiger partial charge in [-0.3, -0.25) is 0 Å². The minimum absolute atomic E-state index is 0.185. The van der Waals surface area contributed by atoms with Crippen LogP contribution in [0.1, 0.15) is 38.8 Å². The van der Waals surface area contributed by atoms with Gasteiger partial charge in [-0.15, -0.1) is 5.10 Å². The quantitative estimate of drug-likeness (QED) is 0.684. The molecule has 0 radical (unpaired) electrons. The predicted octanol–water partition coefficient (Wildman–Crippen LogP) is 1.54. The molecule has 0 aliphatic carbocycles. The molecule has 3 aromatic heterocycles. The summed E-state index contributed by atoms with van der Waals surface area (Å²) in [5.74, 6) is -0.852. The zero-order valence-electron chi connectivity index (χ0n) is 15.7. The number of anilines is 1. The molecule has 0 N–H and O–H groups in total. The van der Waals surface area contributed by atoms with Crippen molar-refractivity contribution in [3.63, 3.8) is 0 Å². The third-order valence-electron chi connectivity index (χ3n) is 4.66. The number of aromatic nitrogens is 8. The fourth-order valence-corrected chi connectivity index (χ4v) is 3.32. The van der Waals surface area contributed by atoms with Crippen LogP contribution in [0.5, 0.6) is 0 Å². The molecule has 1 fully saturated rings. The van der Waals surface area contributed by atoms with Crippen molar-refractivity contribution < 1.29 is 8.78 Å². The van der Waals surface area contributed by atoms with E-state index in [4.69, 9.17) is 4.98 Å². The molecular formula is C16H21F2N9. The van der Waals surface area contributed by atoms with Crippen LogP contribution >= 0.6 is 0 Å². The van der Waals surface area contributed by atoms with Crippen molar-refractivity contribution in [3.05, 3.63) is 18.0 Å². The van der Waals surface area contributed by atoms with Gasteiger partial charge in [0.15, 0.2) is 22.8 Å². The van der Waals surface area contributed by atoms with E-state index in [2.05, 4.69) is 25.5 Å². The zero-order valence-corrected chi connectivity index (χ0v) is 15.7. The van der Waals surface area contributed by atoms with Crippen LogP contribution in [-0.2, 0) is 19.0 Å². The molecule has 0 spiro atoms. The van der Waals surface area contributed by atoms with Gasteiger partial charge < -0.3 is 9.47 Å².